The van der Waals surface area contributed by atoms with E-state index in [-0.39, 0.29) is 11.9 Å². The highest BCUT2D eigenvalue weighted by Crippen LogP contribution is 2.52. The van der Waals surface area contributed by atoms with E-state index in [9.17, 15) is 9.59 Å². The van der Waals surface area contributed by atoms with Crippen molar-refractivity contribution in [3.8, 4) is 0 Å². The molecule has 4 atom stereocenters. The molecule has 0 saturated heterocycles. The molecule has 1 aromatic rings. The van der Waals surface area contributed by atoms with E-state index in [1.165, 1.54) is 32.8 Å². The Kier molecular flexibility index (Phi) is 4.22. The van der Waals surface area contributed by atoms with Crippen LogP contribution in [0.4, 0.5) is 0 Å². The lowest BCUT2D eigenvalue weighted by molar-refractivity contribution is -0.119. The minimum atomic E-state index is -0.679. The fraction of sp³-hybridized carbons (Fsp3) is 0.550. The summed E-state index contributed by atoms with van der Waals surface area (Å²) < 4.78 is 4.05. The van der Waals surface area contributed by atoms with Crippen LogP contribution in [-0.4, -0.2) is 24.0 Å². The van der Waals surface area contributed by atoms with Gasteiger partial charge in [-0.2, -0.15) is 0 Å². The van der Waals surface area contributed by atoms with E-state index in [0.717, 1.165) is 28.9 Å². The fourth-order valence-electron chi connectivity index (χ4n) is 4.68. The van der Waals surface area contributed by atoms with Crippen molar-refractivity contribution in [2.45, 2.75) is 43.8 Å². The molecule has 2 saturated carbocycles. The number of hydrogen-bond donors (Lipinski definition) is 0. The quantitative estimate of drug-likeness (QED) is 0.758. The van der Waals surface area contributed by atoms with E-state index in [0.29, 0.717) is 11.5 Å². The van der Waals surface area contributed by atoms with Gasteiger partial charge in [0.2, 0.25) is 0 Å². The molecule has 4 rings (SSSR count). The third-order valence-electron chi connectivity index (χ3n) is 6.13. The lowest BCUT2D eigenvalue weighted by Crippen LogP contribution is -2.24. The molecule has 5 heteroatoms. The SMILES string of the molecule is COC(=O)c1ccc(C2(C)SC(CC3CC4CCC3C4)=NC2=O)cc1. The Morgan fingerprint density at radius 3 is 2.64 bits per heavy atom. The van der Waals surface area contributed by atoms with Crippen LogP contribution >= 0.6 is 11.8 Å². The molecule has 132 valence electrons. The lowest BCUT2D eigenvalue weighted by Gasteiger charge is -2.23. The van der Waals surface area contributed by atoms with Gasteiger partial charge in [0, 0.05) is 0 Å². The Balaban J connectivity index is 1.47. The Labute approximate surface area is 152 Å². The summed E-state index contributed by atoms with van der Waals surface area (Å²) >= 11 is 1.59. The topological polar surface area (TPSA) is 55.7 Å². The molecule has 0 N–H and O–H groups in total. The molecule has 0 spiro atoms. The molecule has 0 radical (unpaired) electrons. The number of hydrogen-bond acceptors (Lipinski definition) is 4. The van der Waals surface area contributed by atoms with E-state index in [4.69, 9.17) is 4.74 Å². The maximum Gasteiger partial charge on any atom is 0.337 e. The molecule has 4 nitrogen and oxygen atoms in total. The summed E-state index contributed by atoms with van der Waals surface area (Å²) in [4.78, 5) is 28.6. The number of thioether (sulfide) groups is 1. The molecule has 2 fully saturated rings. The van der Waals surface area contributed by atoms with E-state index < -0.39 is 4.75 Å². The number of carbonyl (C=O) groups is 2. The van der Waals surface area contributed by atoms with Gasteiger partial charge >= 0.3 is 5.97 Å². The smallest absolute Gasteiger partial charge is 0.337 e. The largest absolute Gasteiger partial charge is 0.465 e. The van der Waals surface area contributed by atoms with Crippen molar-refractivity contribution in [1.29, 1.82) is 0 Å². The van der Waals surface area contributed by atoms with E-state index in [2.05, 4.69) is 4.99 Å². The van der Waals surface area contributed by atoms with Gasteiger partial charge in [0.25, 0.3) is 5.91 Å². The Bertz CT molecular complexity index is 742. The summed E-state index contributed by atoms with van der Waals surface area (Å²) in [6.07, 6.45) is 6.39. The zero-order valence-electron chi connectivity index (χ0n) is 14.7. The highest BCUT2D eigenvalue weighted by Gasteiger charge is 2.45. The van der Waals surface area contributed by atoms with Crippen molar-refractivity contribution in [2.24, 2.45) is 22.7 Å². The van der Waals surface area contributed by atoms with E-state index in [1.54, 1.807) is 23.9 Å². The van der Waals surface area contributed by atoms with Crippen LogP contribution in [0.25, 0.3) is 0 Å². The first-order chi connectivity index (χ1) is 12.0. The number of carbonyl (C=O) groups excluding carboxylic acids is 2. The number of esters is 1. The van der Waals surface area contributed by atoms with Gasteiger partial charge < -0.3 is 4.74 Å². The second-order valence-corrected chi connectivity index (χ2v) is 9.15. The fourth-order valence-corrected chi connectivity index (χ4v) is 5.97. The van der Waals surface area contributed by atoms with Gasteiger partial charge in [0.05, 0.1) is 17.7 Å². The number of amides is 1. The maximum absolute atomic E-state index is 12.6. The average Bonchev–Trinajstić information content (AvgIpc) is 3.30. The molecule has 25 heavy (non-hydrogen) atoms. The summed E-state index contributed by atoms with van der Waals surface area (Å²) in [7, 11) is 1.36. The molecule has 1 heterocycles. The number of nitrogens with zero attached hydrogens (tertiary/aromatic N) is 1. The van der Waals surface area contributed by atoms with Gasteiger partial charge in [-0.15, -0.1) is 0 Å². The van der Waals surface area contributed by atoms with Gasteiger partial charge in [-0.3, -0.25) is 4.79 Å². The van der Waals surface area contributed by atoms with Crippen LogP contribution in [-0.2, 0) is 14.3 Å². The second-order valence-electron chi connectivity index (χ2n) is 7.65. The minimum Gasteiger partial charge on any atom is -0.465 e. The summed E-state index contributed by atoms with van der Waals surface area (Å²) in [5.74, 6) is 2.02. The predicted octanol–water partition coefficient (Wildman–Crippen LogP) is 4.19. The number of aliphatic imine (C=N–C) groups is 1. The van der Waals surface area contributed by atoms with Crippen molar-refractivity contribution in [3.05, 3.63) is 35.4 Å². The van der Waals surface area contributed by atoms with Crippen LogP contribution in [0.1, 0.15) is 54.9 Å². The maximum atomic E-state index is 12.6. The van der Waals surface area contributed by atoms with Crippen LogP contribution in [0.3, 0.4) is 0 Å². The van der Waals surface area contributed by atoms with E-state index in [1.807, 2.05) is 19.1 Å². The normalized spacial score (nSPS) is 33.6. The second kappa shape index (κ2) is 6.27. The molecule has 3 aliphatic rings. The molecular weight excluding hydrogens is 334 g/mol. The van der Waals surface area contributed by atoms with Gasteiger partial charge in [0.15, 0.2) is 0 Å². The van der Waals surface area contributed by atoms with Crippen molar-refractivity contribution in [2.75, 3.05) is 7.11 Å². The van der Waals surface area contributed by atoms with Crippen LogP contribution in [0.5, 0.6) is 0 Å². The van der Waals surface area contributed by atoms with E-state index >= 15 is 0 Å². The Morgan fingerprint density at radius 1 is 1.28 bits per heavy atom. The number of fused-ring (bicyclic) bond motifs is 2. The molecular formula is C20H23NO3S. The van der Waals surface area contributed by atoms with Crippen LogP contribution < -0.4 is 0 Å². The summed E-state index contributed by atoms with van der Waals surface area (Å²) in [5.41, 5.74) is 1.38. The van der Waals surface area contributed by atoms with Crippen molar-refractivity contribution in [3.63, 3.8) is 0 Å². The van der Waals surface area contributed by atoms with Gasteiger partial charge in [-0.05, 0) is 68.1 Å². The zero-order valence-corrected chi connectivity index (χ0v) is 15.5. The molecule has 1 aromatic carbocycles. The number of ether oxygens (including phenoxy) is 1. The van der Waals surface area contributed by atoms with Crippen molar-refractivity contribution in [1.82, 2.24) is 0 Å². The monoisotopic (exact) mass is 357 g/mol. The van der Waals surface area contributed by atoms with Gasteiger partial charge in [-0.25, -0.2) is 9.79 Å². The van der Waals surface area contributed by atoms with Crippen LogP contribution in [0.2, 0.25) is 0 Å². The van der Waals surface area contributed by atoms with Crippen LogP contribution in [0.15, 0.2) is 29.3 Å². The van der Waals surface area contributed by atoms with Crippen LogP contribution in [0, 0.1) is 17.8 Å². The number of benzene rings is 1. The van der Waals surface area contributed by atoms with Crippen molar-refractivity contribution >= 4 is 28.7 Å². The lowest BCUT2D eigenvalue weighted by atomic mass is 9.87. The Hall–Kier alpha value is -1.62. The van der Waals surface area contributed by atoms with Gasteiger partial charge in [0.1, 0.15) is 4.75 Å². The van der Waals surface area contributed by atoms with Gasteiger partial charge in [-0.1, -0.05) is 30.3 Å². The summed E-state index contributed by atoms with van der Waals surface area (Å²) in [5, 5.41) is 0.988. The average molecular weight is 357 g/mol. The predicted molar refractivity (Wildman–Crippen MR) is 98.7 cm³/mol. The third kappa shape index (κ3) is 2.92. The van der Waals surface area contributed by atoms with Crippen molar-refractivity contribution < 1.29 is 14.3 Å². The standard InChI is InChI=1S/C20H23NO3S/c1-20(16-7-5-13(6-8-16)18(22)24-2)19(23)21-17(25-20)11-15-10-12-3-4-14(15)9-12/h5-8,12,14-15H,3-4,9-11H2,1-2H3. The first-order valence-electron chi connectivity index (χ1n) is 8.99. The Morgan fingerprint density at radius 2 is 2.04 bits per heavy atom. The minimum absolute atomic E-state index is 0.0820. The highest BCUT2D eigenvalue weighted by atomic mass is 32.2. The molecule has 2 bridgehead atoms. The first kappa shape index (κ1) is 16.8. The molecule has 4 unspecified atom stereocenters. The highest BCUT2D eigenvalue weighted by molar-refractivity contribution is 8.15. The summed E-state index contributed by atoms with van der Waals surface area (Å²) in [6, 6.07) is 7.11. The number of rotatable bonds is 4. The molecule has 1 aliphatic heterocycles. The first-order valence-corrected chi connectivity index (χ1v) is 9.81. The summed E-state index contributed by atoms with van der Waals surface area (Å²) in [6.45, 7) is 1.93. The molecule has 0 aromatic heterocycles. The molecule has 2 aliphatic carbocycles. The zero-order chi connectivity index (χ0) is 17.6. The molecule has 1 amide bonds. The third-order valence-corrected chi connectivity index (χ3v) is 7.45. The number of methoxy groups -OCH3 is 1.